The number of aliphatic hydroxyl groups is 1. The number of aromatic nitrogens is 1. The molecule has 7 nitrogen and oxygen atoms in total. The van der Waals surface area contributed by atoms with E-state index in [1.807, 2.05) is 13.0 Å². The number of nitrogens with zero attached hydrogens (tertiary/aromatic N) is 3. The van der Waals surface area contributed by atoms with Crippen molar-refractivity contribution in [3.8, 4) is 5.75 Å². The van der Waals surface area contributed by atoms with Crippen molar-refractivity contribution in [2.24, 2.45) is 21.8 Å². The number of fused-ring (bicyclic) bond motifs is 1. The minimum absolute atomic E-state index is 0.122. The highest BCUT2D eigenvalue weighted by atomic mass is 19.3. The summed E-state index contributed by atoms with van der Waals surface area (Å²) in [6, 6.07) is 2.64. The number of halogens is 2. The number of benzene rings is 1. The van der Waals surface area contributed by atoms with E-state index in [4.69, 9.17) is 14.6 Å². The molecule has 1 aliphatic carbocycles. The maximum Gasteiger partial charge on any atom is 0.426 e. The smallest absolute Gasteiger partial charge is 0.426 e. The molecule has 0 amide bonds. The van der Waals surface area contributed by atoms with Crippen LogP contribution in [0.25, 0.3) is 17.2 Å². The zero-order valence-electron chi connectivity index (χ0n) is 20.9. The van der Waals surface area contributed by atoms with Gasteiger partial charge in [0.1, 0.15) is 0 Å². The van der Waals surface area contributed by atoms with Gasteiger partial charge in [0.15, 0.2) is 22.5 Å². The van der Waals surface area contributed by atoms with Gasteiger partial charge in [-0.1, -0.05) is 13.0 Å². The van der Waals surface area contributed by atoms with E-state index in [0.29, 0.717) is 17.9 Å². The van der Waals surface area contributed by atoms with Crippen LogP contribution < -0.4 is 4.74 Å². The lowest BCUT2D eigenvalue weighted by Gasteiger charge is -2.28. The Hall–Kier alpha value is -2.94. The standard InChI is InChI=1S/C26H34F2N4O3/c1-6-17-10-11-18(22(17)29)8-7-9-21-32-23-20(35-26(27,28)25(3,4)33)13-12-19(24(23)34-21)16(2)31-15-14-30-5/h7,9,12-18,29,33H,6,8,10-11H2,1-5H3/b9-7+,29-22?,30-14-,31-15-. The van der Waals surface area contributed by atoms with Gasteiger partial charge in [-0.3, -0.25) is 9.98 Å². The second-order valence-corrected chi connectivity index (χ2v) is 9.41. The first kappa shape index (κ1) is 26.7. The molecule has 3 atom stereocenters. The summed E-state index contributed by atoms with van der Waals surface area (Å²) >= 11 is 0. The van der Waals surface area contributed by atoms with Crippen LogP contribution in [0.15, 0.2) is 32.6 Å². The van der Waals surface area contributed by atoms with Crippen LogP contribution in [0.3, 0.4) is 0 Å². The third kappa shape index (κ3) is 6.01. The minimum atomic E-state index is -3.85. The molecule has 1 heterocycles. The number of allylic oxidation sites excluding steroid dienone is 1. The summed E-state index contributed by atoms with van der Waals surface area (Å²) in [7, 11) is 1.63. The molecule has 3 rings (SSSR count). The fourth-order valence-corrected chi connectivity index (χ4v) is 4.13. The van der Waals surface area contributed by atoms with Gasteiger partial charge in [0, 0.05) is 36.7 Å². The Morgan fingerprint density at radius 2 is 2.00 bits per heavy atom. The first-order valence-electron chi connectivity index (χ1n) is 11.9. The van der Waals surface area contributed by atoms with Crippen molar-refractivity contribution in [2.45, 2.75) is 71.1 Å². The lowest BCUT2D eigenvalue weighted by molar-refractivity contribution is -0.275. The molecule has 1 aromatic heterocycles. The maximum atomic E-state index is 14.5. The molecule has 1 saturated carbocycles. The molecule has 9 heteroatoms. The predicted octanol–water partition coefficient (Wildman–Crippen LogP) is 6.26. The third-order valence-electron chi connectivity index (χ3n) is 6.40. The van der Waals surface area contributed by atoms with Gasteiger partial charge in [0.25, 0.3) is 0 Å². The Kier molecular flexibility index (Phi) is 8.20. The molecule has 0 bridgehead atoms. The van der Waals surface area contributed by atoms with Crippen LogP contribution in [0.5, 0.6) is 5.75 Å². The predicted molar refractivity (Wildman–Crippen MR) is 135 cm³/mol. The molecule has 1 fully saturated rings. The topological polar surface area (TPSA) is 104 Å². The van der Waals surface area contributed by atoms with E-state index in [0.717, 1.165) is 38.8 Å². The molecular weight excluding hydrogens is 454 g/mol. The first-order chi connectivity index (χ1) is 16.5. The summed E-state index contributed by atoms with van der Waals surface area (Å²) in [4.78, 5) is 12.7. The van der Waals surface area contributed by atoms with Crippen LogP contribution in [-0.2, 0) is 0 Å². The van der Waals surface area contributed by atoms with Crippen molar-refractivity contribution in [2.75, 3.05) is 7.05 Å². The van der Waals surface area contributed by atoms with Crippen LogP contribution in [-0.4, -0.2) is 47.0 Å². The van der Waals surface area contributed by atoms with Gasteiger partial charge in [0.05, 0.1) is 6.04 Å². The molecule has 0 radical (unpaired) electrons. The van der Waals surface area contributed by atoms with Crippen LogP contribution in [0.1, 0.15) is 70.9 Å². The van der Waals surface area contributed by atoms with Crippen molar-refractivity contribution >= 4 is 35.3 Å². The van der Waals surface area contributed by atoms with Crippen LogP contribution in [0.4, 0.5) is 8.78 Å². The molecule has 35 heavy (non-hydrogen) atoms. The van der Waals surface area contributed by atoms with E-state index >= 15 is 0 Å². The number of ether oxygens (including phenoxy) is 1. The number of aliphatic imine (C=N–C) groups is 2. The molecule has 2 N–H and O–H groups in total. The van der Waals surface area contributed by atoms with Gasteiger partial charge in [-0.15, -0.1) is 0 Å². The van der Waals surface area contributed by atoms with Gasteiger partial charge in [-0.25, -0.2) is 4.98 Å². The number of alkyl halides is 2. The Balaban J connectivity index is 1.94. The monoisotopic (exact) mass is 488 g/mol. The van der Waals surface area contributed by atoms with Crippen LogP contribution in [0, 0.1) is 17.2 Å². The molecule has 1 aliphatic rings. The molecule has 0 aliphatic heterocycles. The average Bonchev–Trinajstić information content (AvgIpc) is 3.37. The van der Waals surface area contributed by atoms with Crippen LogP contribution >= 0.6 is 0 Å². The lowest BCUT2D eigenvalue weighted by Crippen LogP contribution is -2.47. The second-order valence-electron chi connectivity index (χ2n) is 9.41. The fourth-order valence-electron chi connectivity index (χ4n) is 4.13. The molecule has 1 aromatic carbocycles. The average molecular weight is 489 g/mol. The summed E-state index contributed by atoms with van der Waals surface area (Å²) in [5, 5.41) is 18.2. The number of rotatable bonds is 10. The Morgan fingerprint density at radius 1 is 1.29 bits per heavy atom. The highest BCUT2D eigenvalue weighted by Crippen LogP contribution is 2.38. The maximum absolute atomic E-state index is 14.5. The summed E-state index contributed by atoms with van der Waals surface area (Å²) in [5.74, 6) is 0.605. The van der Waals surface area contributed by atoms with Crippen molar-refractivity contribution in [1.29, 1.82) is 5.41 Å². The molecule has 0 spiro atoms. The number of nitrogens with one attached hydrogen (secondary N) is 1. The number of oxazole rings is 1. The summed E-state index contributed by atoms with van der Waals surface area (Å²) in [5.41, 5.74) is -0.550. The molecule has 2 aromatic rings. The van der Waals surface area contributed by atoms with Crippen molar-refractivity contribution < 1.29 is 23.0 Å². The summed E-state index contributed by atoms with van der Waals surface area (Å²) in [6.07, 6.45) is 6.56. The molecule has 190 valence electrons. The molecular formula is C26H34F2N4O3. The zero-order valence-corrected chi connectivity index (χ0v) is 20.9. The second kappa shape index (κ2) is 10.8. The Bertz CT molecular complexity index is 1130. The van der Waals surface area contributed by atoms with Crippen LogP contribution in [0.2, 0.25) is 0 Å². The first-order valence-corrected chi connectivity index (χ1v) is 11.9. The van der Waals surface area contributed by atoms with Gasteiger partial charge in [-0.05, 0) is 70.6 Å². The fraction of sp³-hybridized carbons (Fsp3) is 0.538. The normalized spacial score (nSPS) is 20.7. The lowest BCUT2D eigenvalue weighted by atomic mass is 9.97. The molecule has 3 unspecified atom stereocenters. The highest BCUT2D eigenvalue weighted by molar-refractivity contribution is 6.16. The number of hydrogen-bond donors (Lipinski definition) is 2. The summed E-state index contributed by atoms with van der Waals surface area (Å²) in [6.45, 7) is 5.90. The van der Waals surface area contributed by atoms with Gasteiger partial charge < -0.3 is 19.7 Å². The van der Waals surface area contributed by atoms with E-state index in [1.165, 1.54) is 6.07 Å². The summed E-state index contributed by atoms with van der Waals surface area (Å²) < 4.78 is 39.9. The van der Waals surface area contributed by atoms with Crippen molar-refractivity contribution in [3.05, 3.63) is 29.7 Å². The largest absolute Gasteiger partial charge is 0.436 e. The molecule has 0 saturated heterocycles. The highest BCUT2D eigenvalue weighted by Gasteiger charge is 2.49. The Morgan fingerprint density at radius 3 is 2.63 bits per heavy atom. The zero-order chi connectivity index (χ0) is 25.8. The van der Waals surface area contributed by atoms with E-state index in [-0.39, 0.29) is 34.7 Å². The van der Waals surface area contributed by atoms with Gasteiger partial charge in [0.2, 0.25) is 5.89 Å². The van der Waals surface area contributed by atoms with E-state index < -0.39 is 11.7 Å². The van der Waals surface area contributed by atoms with E-state index in [1.54, 1.807) is 31.6 Å². The van der Waals surface area contributed by atoms with Crippen molar-refractivity contribution in [3.63, 3.8) is 0 Å². The SMILES string of the molecule is CCC1CCC(C/C=C/c2nc3c(OC(F)(F)C(C)(C)O)ccc(C(C)/N=C\C=N/C)c3o2)C1=N. The van der Waals surface area contributed by atoms with Crippen molar-refractivity contribution in [1.82, 2.24) is 4.98 Å². The third-order valence-corrected chi connectivity index (χ3v) is 6.40. The minimum Gasteiger partial charge on any atom is -0.436 e. The van der Waals surface area contributed by atoms with Gasteiger partial charge in [-0.2, -0.15) is 8.78 Å². The number of hydrogen-bond acceptors (Lipinski definition) is 7. The van der Waals surface area contributed by atoms with Gasteiger partial charge >= 0.3 is 6.11 Å². The quantitative estimate of drug-likeness (QED) is 0.385. The van der Waals surface area contributed by atoms with E-state index in [2.05, 4.69) is 21.9 Å². The van der Waals surface area contributed by atoms with E-state index in [9.17, 15) is 13.9 Å². The Labute approximate surface area is 204 Å².